The molecule has 0 amide bonds. The monoisotopic (exact) mass is 402 g/mol. The molecule has 7 nitrogen and oxygen atoms in total. The normalized spacial score (nSPS) is 18.5. The van der Waals surface area contributed by atoms with Crippen molar-refractivity contribution >= 4 is 30.3 Å². The van der Waals surface area contributed by atoms with Crippen LogP contribution in [0.3, 0.4) is 0 Å². The van der Waals surface area contributed by atoms with Crippen molar-refractivity contribution in [3.63, 3.8) is 0 Å². The van der Waals surface area contributed by atoms with E-state index < -0.39 is 30.1 Å². The van der Waals surface area contributed by atoms with Gasteiger partial charge in [0.25, 0.3) is 0 Å². The molecule has 1 aliphatic rings. The molecule has 11 heteroatoms. The van der Waals surface area contributed by atoms with Crippen LogP contribution in [-0.4, -0.2) is 60.8 Å². The topological polar surface area (TPSA) is 98.9 Å². The number of likely N-dealkylation sites (tertiary alicyclic amines) is 1. The molecule has 0 unspecified atom stereocenters. The highest BCUT2D eigenvalue weighted by Gasteiger charge is 2.45. The maximum Gasteiger partial charge on any atom is 0.491 e. The molecule has 2 N–H and O–H groups in total. The average molecular weight is 403 g/mol. The molecule has 0 spiro atoms. The standard InChI is InChI=1S/C15H21F3N2O5.ClH/c1-2-8-24-12(21)6-5-11(20-7-3-4-10(20)9-19)13(22)25-14(23)15(16,17)18;/h2,10-11H,1,3-9,19H2;1H/t10-,11-;/m0./s1. The van der Waals surface area contributed by atoms with Crippen LogP contribution in [0.2, 0.25) is 0 Å². The van der Waals surface area contributed by atoms with Crippen LogP contribution in [0.5, 0.6) is 0 Å². The second-order valence-electron chi connectivity index (χ2n) is 5.50. The van der Waals surface area contributed by atoms with E-state index in [0.717, 1.165) is 0 Å². The molecule has 150 valence electrons. The van der Waals surface area contributed by atoms with Crippen LogP contribution < -0.4 is 5.73 Å². The Balaban J connectivity index is 0.00000625. The molecule has 0 bridgehead atoms. The molecule has 0 saturated carbocycles. The molecule has 0 radical (unpaired) electrons. The third kappa shape index (κ3) is 7.30. The lowest BCUT2D eigenvalue weighted by atomic mass is 10.1. The molecule has 0 aromatic carbocycles. The molecule has 0 aliphatic carbocycles. The fraction of sp³-hybridized carbons (Fsp3) is 0.667. The Hall–Kier alpha value is -1.65. The summed E-state index contributed by atoms with van der Waals surface area (Å²) in [6.45, 7) is 3.96. The number of hydrogen-bond acceptors (Lipinski definition) is 7. The van der Waals surface area contributed by atoms with E-state index in [2.05, 4.69) is 11.3 Å². The Kier molecular flexibility index (Phi) is 10.4. The van der Waals surface area contributed by atoms with Gasteiger partial charge in [0.1, 0.15) is 12.6 Å². The van der Waals surface area contributed by atoms with E-state index >= 15 is 0 Å². The van der Waals surface area contributed by atoms with Gasteiger partial charge in [-0.1, -0.05) is 12.7 Å². The second kappa shape index (κ2) is 11.1. The quantitative estimate of drug-likeness (QED) is 0.371. The van der Waals surface area contributed by atoms with E-state index in [9.17, 15) is 27.6 Å². The third-order valence-corrected chi connectivity index (χ3v) is 3.78. The Bertz CT molecular complexity index is 516. The molecule has 1 rings (SSSR count). The van der Waals surface area contributed by atoms with Gasteiger partial charge in [0.15, 0.2) is 0 Å². The minimum atomic E-state index is -5.28. The van der Waals surface area contributed by atoms with Gasteiger partial charge >= 0.3 is 24.1 Å². The Morgan fingerprint density at radius 3 is 2.54 bits per heavy atom. The van der Waals surface area contributed by atoms with Gasteiger partial charge in [-0.3, -0.25) is 9.69 Å². The molecule has 0 aromatic heterocycles. The second-order valence-corrected chi connectivity index (χ2v) is 5.50. The van der Waals surface area contributed by atoms with Crippen molar-refractivity contribution in [3.8, 4) is 0 Å². The lowest BCUT2D eigenvalue weighted by molar-refractivity contribution is -0.203. The van der Waals surface area contributed by atoms with Gasteiger partial charge in [0.2, 0.25) is 0 Å². The zero-order valence-corrected chi connectivity index (χ0v) is 14.8. The number of halogens is 4. The predicted molar refractivity (Wildman–Crippen MR) is 87.4 cm³/mol. The SMILES string of the molecule is C=CCOC(=O)CC[C@@H](C(=O)OC(=O)C(F)(F)F)N1CCC[C@H]1CN.Cl. The van der Waals surface area contributed by atoms with Gasteiger partial charge in [-0.2, -0.15) is 13.2 Å². The molecular weight excluding hydrogens is 381 g/mol. The number of ether oxygens (including phenoxy) is 2. The van der Waals surface area contributed by atoms with Crippen molar-refractivity contribution in [3.05, 3.63) is 12.7 Å². The Morgan fingerprint density at radius 2 is 2.00 bits per heavy atom. The van der Waals surface area contributed by atoms with Gasteiger partial charge in [-0.25, -0.2) is 9.59 Å². The van der Waals surface area contributed by atoms with Crippen LogP contribution in [-0.2, 0) is 23.9 Å². The van der Waals surface area contributed by atoms with E-state index in [4.69, 9.17) is 10.5 Å². The number of nitrogens with zero attached hydrogens (tertiary/aromatic N) is 1. The van der Waals surface area contributed by atoms with Gasteiger partial charge < -0.3 is 15.2 Å². The van der Waals surface area contributed by atoms with Crippen LogP contribution in [0.15, 0.2) is 12.7 Å². The van der Waals surface area contributed by atoms with E-state index in [1.54, 1.807) is 4.90 Å². The fourth-order valence-electron chi connectivity index (χ4n) is 2.64. The first kappa shape index (κ1) is 24.4. The predicted octanol–water partition coefficient (Wildman–Crippen LogP) is 1.34. The smallest absolute Gasteiger partial charge is 0.461 e. The first-order valence-corrected chi connectivity index (χ1v) is 7.75. The minimum Gasteiger partial charge on any atom is -0.461 e. The van der Waals surface area contributed by atoms with Crippen LogP contribution >= 0.6 is 12.4 Å². The summed E-state index contributed by atoms with van der Waals surface area (Å²) in [4.78, 5) is 36.1. The van der Waals surface area contributed by atoms with E-state index in [-0.39, 0.29) is 44.4 Å². The van der Waals surface area contributed by atoms with Crippen molar-refractivity contribution < 1.29 is 37.0 Å². The molecule has 1 heterocycles. The summed E-state index contributed by atoms with van der Waals surface area (Å²) in [6, 6.07) is -1.42. The van der Waals surface area contributed by atoms with Crippen LogP contribution in [0.4, 0.5) is 13.2 Å². The molecule has 2 atom stereocenters. The lowest BCUT2D eigenvalue weighted by Crippen LogP contribution is -2.48. The van der Waals surface area contributed by atoms with Crippen LogP contribution in [0, 0.1) is 0 Å². The maximum atomic E-state index is 12.3. The van der Waals surface area contributed by atoms with Crippen molar-refractivity contribution in [2.24, 2.45) is 5.73 Å². The average Bonchev–Trinajstić information content (AvgIpc) is 3.00. The first-order valence-electron chi connectivity index (χ1n) is 7.75. The molecule has 26 heavy (non-hydrogen) atoms. The van der Waals surface area contributed by atoms with Gasteiger partial charge in [0.05, 0.1) is 0 Å². The molecule has 1 fully saturated rings. The van der Waals surface area contributed by atoms with Crippen molar-refractivity contribution in [1.82, 2.24) is 4.90 Å². The van der Waals surface area contributed by atoms with Crippen LogP contribution in [0.25, 0.3) is 0 Å². The number of rotatable bonds is 8. The number of nitrogens with two attached hydrogens (primary N) is 1. The summed E-state index contributed by atoms with van der Waals surface area (Å²) in [5.74, 6) is -4.57. The Morgan fingerprint density at radius 1 is 1.35 bits per heavy atom. The number of carbonyl (C=O) groups excluding carboxylic acids is 3. The molecule has 1 aliphatic heterocycles. The number of esters is 3. The van der Waals surface area contributed by atoms with Gasteiger partial charge in [0, 0.05) is 19.0 Å². The third-order valence-electron chi connectivity index (χ3n) is 3.78. The highest BCUT2D eigenvalue weighted by atomic mass is 35.5. The van der Waals surface area contributed by atoms with E-state index in [0.29, 0.717) is 19.4 Å². The van der Waals surface area contributed by atoms with Crippen molar-refractivity contribution in [1.29, 1.82) is 0 Å². The zero-order valence-electron chi connectivity index (χ0n) is 14.0. The molecule has 0 aromatic rings. The number of carbonyl (C=O) groups is 3. The minimum absolute atomic E-state index is 0. The summed E-state index contributed by atoms with van der Waals surface area (Å²) < 4.78 is 45.6. The summed E-state index contributed by atoms with van der Waals surface area (Å²) in [7, 11) is 0. The highest BCUT2D eigenvalue weighted by Crippen LogP contribution is 2.24. The van der Waals surface area contributed by atoms with E-state index in [1.807, 2.05) is 0 Å². The highest BCUT2D eigenvalue weighted by molar-refractivity contribution is 5.91. The first-order chi connectivity index (χ1) is 11.7. The zero-order chi connectivity index (χ0) is 19.0. The molecule has 1 saturated heterocycles. The van der Waals surface area contributed by atoms with Gasteiger partial charge in [-0.05, 0) is 25.8 Å². The number of alkyl halides is 3. The summed E-state index contributed by atoms with van der Waals surface area (Å²) >= 11 is 0. The van der Waals surface area contributed by atoms with Gasteiger partial charge in [-0.15, -0.1) is 12.4 Å². The largest absolute Gasteiger partial charge is 0.491 e. The maximum absolute atomic E-state index is 12.3. The number of hydrogen-bond donors (Lipinski definition) is 1. The Labute approximate surface area is 155 Å². The summed E-state index contributed by atoms with van der Waals surface area (Å²) in [5, 5.41) is 0. The van der Waals surface area contributed by atoms with Crippen molar-refractivity contribution in [2.45, 2.75) is 43.9 Å². The lowest BCUT2D eigenvalue weighted by Gasteiger charge is -2.30. The molecular formula is C15H22ClF3N2O5. The summed E-state index contributed by atoms with van der Waals surface area (Å²) in [5.41, 5.74) is 5.61. The summed E-state index contributed by atoms with van der Waals surface area (Å²) in [6.07, 6.45) is -2.93. The fourth-order valence-corrected chi connectivity index (χ4v) is 2.64. The van der Waals surface area contributed by atoms with Crippen LogP contribution in [0.1, 0.15) is 25.7 Å². The van der Waals surface area contributed by atoms with E-state index in [1.165, 1.54) is 6.08 Å². The van der Waals surface area contributed by atoms with Crippen molar-refractivity contribution in [2.75, 3.05) is 19.7 Å².